The van der Waals surface area contributed by atoms with Crippen LogP contribution in [-0.2, 0) is 4.79 Å². The van der Waals surface area contributed by atoms with E-state index in [-0.39, 0.29) is 18.0 Å². The van der Waals surface area contributed by atoms with Crippen molar-refractivity contribution in [2.45, 2.75) is 25.4 Å². The number of para-hydroxylation sites is 1. The lowest BCUT2D eigenvalue weighted by Crippen LogP contribution is -2.40. The van der Waals surface area contributed by atoms with Crippen molar-refractivity contribution in [2.75, 3.05) is 18.4 Å². The highest BCUT2D eigenvalue weighted by Gasteiger charge is 2.31. The van der Waals surface area contributed by atoms with Crippen molar-refractivity contribution in [1.29, 1.82) is 0 Å². The van der Waals surface area contributed by atoms with Crippen LogP contribution in [0.3, 0.4) is 0 Å². The predicted molar refractivity (Wildman–Crippen MR) is 93.0 cm³/mol. The van der Waals surface area contributed by atoms with Crippen LogP contribution in [0.5, 0.6) is 0 Å². The number of fused-ring (bicyclic) bond motifs is 1. The molecular weight excluding hydrogens is 324 g/mol. The van der Waals surface area contributed by atoms with Gasteiger partial charge in [-0.25, -0.2) is 9.67 Å². The largest absolute Gasteiger partial charge is 0.301 e. The van der Waals surface area contributed by atoms with Crippen LogP contribution in [0.4, 0.5) is 5.13 Å². The first-order valence-electron chi connectivity index (χ1n) is 7.97. The molecule has 1 aliphatic heterocycles. The molecule has 1 saturated heterocycles. The molecule has 124 valence electrons. The summed E-state index contributed by atoms with van der Waals surface area (Å²) in [7, 11) is 0. The fraction of sp³-hybridized carbons (Fsp3) is 0.375. The van der Waals surface area contributed by atoms with E-state index >= 15 is 0 Å². The molecule has 0 aliphatic carbocycles. The Balaban J connectivity index is 1.41. The van der Waals surface area contributed by atoms with E-state index < -0.39 is 0 Å². The Bertz CT molecular complexity index is 812. The summed E-state index contributed by atoms with van der Waals surface area (Å²) in [6.45, 7) is 3.61. The summed E-state index contributed by atoms with van der Waals surface area (Å²) in [5.41, 5.74) is 0.915. The van der Waals surface area contributed by atoms with E-state index in [4.69, 9.17) is 0 Å². The number of hydrogen-bond acceptors (Lipinski definition) is 6. The fourth-order valence-corrected chi connectivity index (χ4v) is 3.92. The molecule has 1 aromatic carbocycles. The number of nitrogens with zero attached hydrogens (tertiary/aromatic N) is 5. The summed E-state index contributed by atoms with van der Waals surface area (Å²) in [4.78, 5) is 19.2. The van der Waals surface area contributed by atoms with Crippen LogP contribution in [0, 0.1) is 0 Å². The number of likely N-dealkylation sites (tertiary alicyclic amines) is 1. The van der Waals surface area contributed by atoms with Crippen LogP contribution in [-0.4, -0.2) is 49.9 Å². The number of anilines is 1. The lowest BCUT2D eigenvalue weighted by Gasteiger charge is -2.22. The van der Waals surface area contributed by atoms with Crippen molar-refractivity contribution in [3.63, 3.8) is 0 Å². The minimum atomic E-state index is -0.203. The van der Waals surface area contributed by atoms with Gasteiger partial charge in [-0.2, -0.15) is 0 Å². The van der Waals surface area contributed by atoms with Crippen molar-refractivity contribution in [1.82, 2.24) is 24.9 Å². The third kappa shape index (κ3) is 2.90. The molecule has 24 heavy (non-hydrogen) atoms. The van der Waals surface area contributed by atoms with Crippen molar-refractivity contribution in [2.24, 2.45) is 0 Å². The van der Waals surface area contributed by atoms with Gasteiger partial charge in [0.25, 0.3) is 0 Å². The van der Waals surface area contributed by atoms with E-state index in [0.717, 1.165) is 29.7 Å². The monoisotopic (exact) mass is 342 g/mol. The van der Waals surface area contributed by atoms with E-state index in [9.17, 15) is 4.79 Å². The van der Waals surface area contributed by atoms with Crippen LogP contribution in [0.15, 0.2) is 36.7 Å². The molecule has 4 rings (SSSR count). The molecule has 2 aromatic heterocycles. The second-order valence-electron chi connectivity index (χ2n) is 5.97. The second-order valence-corrected chi connectivity index (χ2v) is 7.00. The molecule has 1 N–H and O–H groups in total. The van der Waals surface area contributed by atoms with Gasteiger partial charge in [-0.05, 0) is 25.5 Å². The van der Waals surface area contributed by atoms with Gasteiger partial charge < -0.3 is 5.32 Å². The molecule has 1 aliphatic rings. The van der Waals surface area contributed by atoms with Gasteiger partial charge in [0.1, 0.15) is 0 Å². The third-order valence-corrected chi connectivity index (χ3v) is 5.41. The highest BCUT2D eigenvalue weighted by atomic mass is 32.1. The van der Waals surface area contributed by atoms with Gasteiger partial charge >= 0.3 is 0 Å². The van der Waals surface area contributed by atoms with Gasteiger partial charge in [0.2, 0.25) is 5.91 Å². The number of benzene rings is 1. The number of thiazole rings is 1. The van der Waals surface area contributed by atoms with Crippen molar-refractivity contribution >= 4 is 32.6 Å². The Hall–Kier alpha value is -2.32. The molecule has 3 aromatic rings. The number of hydrogen-bond donors (Lipinski definition) is 1. The Morgan fingerprint density at radius 1 is 1.42 bits per heavy atom. The Morgan fingerprint density at radius 3 is 3.08 bits per heavy atom. The highest BCUT2D eigenvalue weighted by Crippen LogP contribution is 2.26. The van der Waals surface area contributed by atoms with Gasteiger partial charge in [-0.1, -0.05) is 28.7 Å². The molecule has 1 amide bonds. The van der Waals surface area contributed by atoms with E-state index in [1.807, 2.05) is 42.1 Å². The summed E-state index contributed by atoms with van der Waals surface area (Å²) < 4.78 is 2.95. The zero-order valence-electron chi connectivity index (χ0n) is 13.3. The Labute approximate surface area is 143 Å². The van der Waals surface area contributed by atoms with E-state index in [0.29, 0.717) is 5.13 Å². The summed E-state index contributed by atoms with van der Waals surface area (Å²) in [5.74, 6) is -0.0201. The zero-order chi connectivity index (χ0) is 16.5. The fourth-order valence-electron chi connectivity index (χ4n) is 3.05. The summed E-state index contributed by atoms with van der Waals surface area (Å²) >= 11 is 1.50. The molecule has 1 fully saturated rings. The predicted octanol–water partition coefficient (Wildman–Crippen LogP) is 2.16. The number of carbonyl (C=O) groups excluding carboxylic acids is 1. The molecule has 0 saturated carbocycles. The smallest absolute Gasteiger partial charge is 0.243 e. The molecule has 2 atom stereocenters. The normalized spacial score (nSPS) is 19.6. The summed E-state index contributed by atoms with van der Waals surface area (Å²) in [6.07, 6.45) is 4.54. The molecular formula is C16H18N6OS. The van der Waals surface area contributed by atoms with Crippen LogP contribution in [0.1, 0.15) is 19.4 Å². The van der Waals surface area contributed by atoms with Crippen LogP contribution < -0.4 is 5.32 Å². The minimum absolute atomic E-state index is 0.0201. The molecule has 2 unspecified atom stereocenters. The van der Waals surface area contributed by atoms with E-state index in [2.05, 4.69) is 25.5 Å². The number of nitrogens with one attached hydrogen (secondary N) is 1. The molecule has 8 heteroatoms. The zero-order valence-corrected chi connectivity index (χ0v) is 14.1. The van der Waals surface area contributed by atoms with Crippen LogP contribution in [0.25, 0.3) is 10.2 Å². The Morgan fingerprint density at radius 2 is 2.29 bits per heavy atom. The SMILES string of the molecule is CC(C(=O)Nc1nc2ccccc2s1)N1CCC(n2ccnn2)C1. The first kappa shape index (κ1) is 15.2. The summed E-state index contributed by atoms with van der Waals surface area (Å²) in [6, 6.07) is 7.97. The molecule has 3 heterocycles. The molecule has 7 nitrogen and oxygen atoms in total. The van der Waals surface area contributed by atoms with Crippen molar-refractivity contribution in [3.05, 3.63) is 36.7 Å². The molecule has 0 bridgehead atoms. The number of carbonyl (C=O) groups is 1. The second kappa shape index (κ2) is 6.29. The van der Waals surface area contributed by atoms with Crippen LogP contribution >= 0.6 is 11.3 Å². The Kier molecular flexibility index (Phi) is 3.99. The topological polar surface area (TPSA) is 75.9 Å². The highest BCUT2D eigenvalue weighted by molar-refractivity contribution is 7.22. The number of rotatable bonds is 4. The minimum Gasteiger partial charge on any atom is -0.301 e. The maximum Gasteiger partial charge on any atom is 0.243 e. The van der Waals surface area contributed by atoms with Gasteiger partial charge in [0, 0.05) is 19.3 Å². The van der Waals surface area contributed by atoms with E-state index in [1.54, 1.807) is 6.20 Å². The lowest BCUT2D eigenvalue weighted by atomic mass is 10.2. The summed E-state index contributed by atoms with van der Waals surface area (Å²) in [5, 5.41) is 11.5. The van der Waals surface area contributed by atoms with Crippen LogP contribution in [0.2, 0.25) is 0 Å². The first-order chi connectivity index (χ1) is 11.7. The number of aromatic nitrogens is 4. The molecule has 0 radical (unpaired) electrons. The average Bonchev–Trinajstić information content (AvgIpc) is 3.32. The van der Waals surface area contributed by atoms with Gasteiger partial charge in [0.05, 0.1) is 28.5 Å². The lowest BCUT2D eigenvalue weighted by molar-refractivity contribution is -0.120. The standard InChI is InChI=1S/C16H18N6OS/c1-11(21-8-6-12(10-21)22-9-7-17-20-22)15(23)19-16-18-13-4-2-3-5-14(13)24-16/h2-5,7,9,11-12H,6,8,10H2,1H3,(H,18,19,23). The van der Waals surface area contributed by atoms with Gasteiger partial charge in [0.15, 0.2) is 5.13 Å². The maximum absolute atomic E-state index is 12.5. The quantitative estimate of drug-likeness (QED) is 0.786. The third-order valence-electron chi connectivity index (χ3n) is 4.46. The van der Waals surface area contributed by atoms with Crippen molar-refractivity contribution < 1.29 is 4.79 Å². The van der Waals surface area contributed by atoms with Gasteiger partial charge in [-0.3, -0.25) is 9.69 Å². The maximum atomic E-state index is 12.5. The van der Waals surface area contributed by atoms with Gasteiger partial charge in [-0.15, -0.1) is 5.10 Å². The number of amides is 1. The average molecular weight is 342 g/mol. The van der Waals surface area contributed by atoms with E-state index in [1.165, 1.54) is 11.3 Å². The van der Waals surface area contributed by atoms with Crippen molar-refractivity contribution in [3.8, 4) is 0 Å². The molecule has 0 spiro atoms. The first-order valence-corrected chi connectivity index (χ1v) is 8.78.